The molecule has 6 heteroatoms. The molecule has 1 aromatic carbocycles. The number of anilines is 1. The second-order valence-corrected chi connectivity index (χ2v) is 3.88. The molecule has 0 radical (unpaired) electrons. The van der Waals surface area contributed by atoms with E-state index in [1.165, 1.54) is 6.07 Å². The Balaban J connectivity index is 2.86. The number of hydrogen-bond acceptors (Lipinski definition) is 3. The number of hydrogen-bond donors (Lipinski definition) is 3. The molecule has 1 unspecified atom stereocenters. The molecule has 0 bridgehead atoms. The number of nitrogens with one attached hydrogen (secondary N) is 1. The van der Waals surface area contributed by atoms with Crippen molar-refractivity contribution in [1.29, 1.82) is 0 Å². The summed E-state index contributed by atoms with van der Waals surface area (Å²) >= 11 is 0. The van der Waals surface area contributed by atoms with Gasteiger partial charge in [-0.2, -0.15) is 0 Å². The molecule has 0 saturated heterocycles. The van der Waals surface area contributed by atoms with Gasteiger partial charge in [0.05, 0.1) is 5.56 Å². The number of carbonyl (C=O) groups is 2. The first-order chi connectivity index (χ1) is 8.45. The SMILES string of the molecule is CCCC(NC(=O)c1cc(F)ccc1N)C(=O)O. The molecular formula is C12H15FN2O3. The quantitative estimate of drug-likeness (QED) is 0.692. The van der Waals surface area contributed by atoms with Crippen LogP contribution in [0.2, 0.25) is 0 Å². The lowest BCUT2D eigenvalue weighted by molar-refractivity contribution is -0.139. The molecule has 0 saturated carbocycles. The zero-order chi connectivity index (χ0) is 13.7. The highest BCUT2D eigenvalue weighted by atomic mass is 19.1. The van der Waals surface area contributed by atoms with Crippen LogP contribution in [0.15, 0.2) is 18.2 Å². The first kappa shape index (κ1) is 14.0. The van der Waals surface area contributed by atoms with Crippen molar-refractivity contribution in [2.24, 2.45) is 0 Å². The van der Waals surface area contributed by atoms with Crippen molar-refractivity contribution in [1.82, 2.24) is 5.32 Å². The van der Waals surface area contributed by atoms with E-state index in [1.807, 2.05) is 0 Å². The molecule has 0 aliphatic carbocycles. The average Bonchev–Trinajstić information content (AvgIpc) is 2.31. The van der Waals surface area contributed by atoms with E-state index in [1.54, 1.807) is 6.92 Å². The van der Waals surface area contributed by atoms with Crippen LogP contribution in [0.1, 0.15) is 30.1 Å². The molecular weight excluding hydrogens is 239 g/mol. The van der Waals surface area contributed by atoms with E-state index in [0.717, 1.165) is 12.1 Å². The Morgan fingerprint density at radius 3 is 2.72 bits per heavy atom. The lowest BCUT2D eigenvalue weighted by atomic mass is 10.1. The Morgan fingerprint density at radius 1 is 1.50 bits per heavy atom. The molecule has 0 fully saturated rings. The van der Waals surface area contributed by atoms with Crippen molar-refractivity contribution in [3.05, 3.63) is 29.6 Å². The van der Waals surface area contributed by atoms with Gasteiger partial charge in [-0.05, 0) is 24.6 Å². The standard InChI is InChI=1S/C12H15FN2O3/c1-2-3-10(12(17)18)15-11(16)8-6-7(13)4-5-9(8)14/h4-6,10H,2-3,14H2,1H3,(H,15,16)(H,17,18). The number of nitrogens with two attached hydrogens (primary N) is 1. The van der Waals surface area contributed by atoms with Crippen molar-refractivity contribution in [2.75, 3.05) is 5.73 Å². The van der Waals surface area contributed by atoms with Gasteiger partial charge in [-0.15, -0.1) is 0 Å². The first-order valence-electron chi connectivity index (χ1n) is 5.54. The molecule has 0 spiro atoms. The number of rotatable bonds is 5. The van der Waals surface area contributed by atoms with E-state index in [-0.39, 0.29) is 11.3 Å². The highest BCUT2D eigenvalue weighted by Gasteiger charge is 2.20. The Kier molecular flexibility index (Phi) is 4.65. The summed E-state index contributed by atoms with van der Waals surface area (Å²) < 4.78 is 13.0. The van der Waals surface area contributed by atoms with E-state index in [2.05, 4.69) is 5.32 Å². The van der Waals surface area contributed by atoms with E-state index >= 15 is 0 Å². The molecule has 5 nitrogen and oxygen atoms in total. The van der Waals surface area contributed by atoms with Crippen molar-refractivity contribution < 1.29 is 19.1 Å². The third-order valence-corrected chi connectivity index (χ3v) is 2.44. The molecule has 0 aromatic heterocycles. The summed E-state index contributed by atoms with van der Waals surface area (Å²) in [7, 11) is 0. The molecule has 98 valence electrons. The van der Waals surface area contributed by atoms with Gasteiger partial charge in [0.1, 0.15) is 11.9 Å². The Morgan fingerprint density at radius 2 is 2.17 bits per heavy atom. The van der Waals surface area contributed by atoms with Crippen LogP contribution in [0, 0.1) is 5.82 Å². The molecule has 1 amide bonds. The van der Waals surface area contributed by atoms with Crippen LogP contribution in [0.4, 0.5) is 10.1 Å². The lowest BCUT2D eigenvalue weighted by Crippen LogP contribution is -2.40. The molecule has 0 aliphatic heterocycles. The average molecular weight is 254 g/mol. The van der Waals surface area contributed by atoms with Crippen LogP contribution < -0.4 is 11.1 Å². The van der Waals surface area contributed by atoms with Crippen LogP contribution >= 0.6 is 0 Å². The highest BCUT2D eigenvalue weighted by Crippen LogP contribution is 2.13. The summed E-state index contributed by atoms with van der Waals surface area (Å²) in [6, 6.07) is 2.38. The Labute approximate surface area is 104 Å². The van der Waals surface area contributed by atoms with Gasteiger partial charge in [0.15, 0.2) is 0 Å². The summed E-state index contributed by atoms with van der Waals surface area (Å²) in [5.74, 6) is -2.41. The number of carboxylic acids is 1. The van der Waals surface area contributed by atoms with Crippen LogP contribution in [0.5, 0.6) is 0 Å². The molecule has 0 heterocycles. The van der Waals surface area contributed by atoms with Gasteiger partial charge in [0.2, 0.25) is 0 Å². The highest BCUT2D eigenvalue weighted by molar-refractivity contribution is 6.00. The maximum Gasteiger partial charge on any atom is 0.326 e. The maximum absolute atomic E-state index is 13.0. The summed E-state index contributed by atoms with van der Waals surface area (Å²) in [6.07, 6.45) is 0.909. The van der Waals surface area contributed by atoms with Gasteiger partial charge >= 0.3 is 5.97 Å². The predicted octanol–water partition coefficient (Wildman–Crippen LogP) is 1.39. The summed E-state index contributed by atoms with van der Waals surface area (Å²) in [5, 5.41) is 11.2. The smallest absolute Gasteiger partial charge is 0.326 e. The van der Waals surface area contributed by atoms with Crippen molar-refractivity contribution >= 4 is 17.6 Å². The van der Waals surface area contributed by atoms with E-state index in [9.17, 15) is 14.0 Å². The Bertz CT molecular complexity index is 463. The lowest BCUT2D eigenvalue weighted by Gasteiger charge is -2.14. The van der Waals surface area contributed by atoms with Gasteiger partial charge in [-0.1, -0.05) is 13.3 Å². The van der Waals surface area contributed by atoms with E-state index < -0.39 is 23.7 Å². The zero-order valence-electron chi connectivity index (χ0n) is 9.94. The van der Waals surface area contributed by atoms with Crippen LogP contribution in [0.3, 0.4) is 0 Å². The minimum absolute atomic E-state index is 0.0580. The molecule has 1 atom stereocenters. The van der Waals surface area contributed by atoms with Crippen molar-refractivity contribution in [3.63, 3.8) is 0 Å². The monoisotopic (exact) mass is 254 g/mol. The Hall–Kier alpha value is -2.11. The summed E-state index contributed by atoms with van der Waals surface area (Å²) in [5.41, 5.74) is 5.59. The molecule has 18 heavy (non-hydrogen) atoms. The van der Waals surface area contributed by atoms with Gasteiger partial charge in [0, 0.05) is 5.69 Å². The zero-order valence-corrected chi connectivity index (χ0v) is 9.94. The van der Waals surface area contributed by atoms with Crippen molar-refractivity contribution in [3.8, 4) is 0 Å². The summed E-state index contributed by atoms with van der Waals surface area (Å²) in [4.78, 5) is 22.7. The number of amides is 1. The van der Waals surface area contributed by atoms with Crippen LogP contribution in [0.25, 0.3) is 0 Å². The van der Waals surface area contributed by atoms with Gasteiger partial charge in [-0.25, -0.2) is 9.18 Å². The third kappa shape index (κ3) is 3.44. The number of carboxylic acid groups (broad SMARTS) is 1. The second-order valence-electron chi connectivity index (χ2n) is 3.88. The minimum atomic E-state index is -1.12. The van der Waals surface area contributed by atoms with E-state index in [0.29, 0.717) is 12.8 Å². The van der Waals surface area contributed by atoms with Gasteiger partial charge in [-0.3, -0.25) is 4.79 Å². The number of benzene rings is 1. The third-order valence-electron chi connectivity index (χ3n) is 2.44. The number of halogens is 1. The first-order valence-corrected chi connectivity index (χ1v) is 5.54. The molecule has 0 aliphatic rings. The molecule has 4 N–H and O–H groups in total. The maximum atomic E-state index is 13.0. The van der Waals surface area contributed by atoms with Gasteiger partial charge < -0.3 is 16.2 Å². The fourth-order valence-electron chi connectivity index (χ4n) is 1.51. The number of carbonyl (C=O) groups excluding carboxylic acids is 1. The van der Waals surface area contributed by atoms with Crippen LogP contribution in [-0.2, 0) is 4.79 Å². The molecule has 1 aromatic rings. The fourth-order valence-corrected chi connectivity index (χ4v) is 1.51. The number of nitrogen functional groups attached to an aromatic ring is 1. The van der Waals surface area contributed by atoms with Crippen molar-refractivity contribution in [2.45, 2.75) is 25.8 Å². The minimum Gasteiger partial charge on any atom is -0.480 e. The topological polar surface area (TPSA) is 92.4 Å². The number of aliphatic carboxylic acids is 1. The van der Waals surface area contributed by atoms with Crippen LogP contribution in [-0.4, -0.2) is 23.0 Å². The normalized spacial score (nSPS) is 11.9. The van der Waals surface area contributed by atoms with E-state index in [4.69, 9.17) is 10.8 Å². The largest absolute Gasteiger partial charge is 0.480 e. The second kappa shape index (κ2) is 6.00. The predicted molar refractivity (Wildman–Crippen MR) is 64.6 cm³/mol. The fraction of sp³-hybridized carbons (Fsp3) is 0.333. The molecule has 1 rings (SSSR count). The van der Waals surface area contributed by atoms with Gasteiger partial charge in [0.25, 0.3) is 5.91 Å². The summed E-state index contributed by atoms with van der Waals surface area (Å²) in [6.45, 7) is 1.80.